The van der Waals surface area contributed by atoms with Gasteiger partial charge in [0.2, 0.25) is 0 Å². The van der Waals surface area contributed by atoms with Gasteiger partial charge in [-0.2, -0.15) is 0 Å². The average molecular weight is 318 g/mol. The molecule has 23 heavy (non-hydrogen) atoms. The number of fused-ring (bicyclic) bond motifs is 2. The molecule has 0 amide bonds. The lowest BCUT2D eigenvalue weighted by molar-refractivity contribution is -0.129. The lowest BCUT2D eigenvalue weighted by Crippen LogP contribution is -2.32. The van der Waals surface area contributed by atoms with Gasteiger partial charge < -0.3 is 9.47 Å². The Morgan fingerprint density at radius 3 is 2.52 bits per heavy atom. The number of rotatable bonds is 3. The summed E-state index contributed by atoms with van der Waals surface area (Å²) in [6.07, 6.45) is 7.26. The molecule has 1 aliphatic heterocycles. The van der Waals surface area contributed by atoms with E-state index in [2.05, 4.69) is 34.3 Å². The van der Waals surface area contributed by atoms with Gasteiger partial charge in [-0.25, -0.2) is 0 Å². The molecule has 3 aliphatic rings. The Labute approximate surface area is 140 Å². The molecule has 0 aromatic heterocycles. The van der Waals surface area contributed by atoms with Crippen molar-refractivity contribution in [1.82, 2.24) is 0 Å². The molecule has 3 rings (SSSR count). The van der Waals surface area contributed by atoms with Crippen LogP contribution in [-0.2, 0) is 14.3 Å². The Bertz CT molecular complexity index is 541. The molecular formula is C20H30O3. The largest absolute Gasteiger partial charge is 0.344 e. The second kappa shape index (κ2) is 5.56. The minimum atomic E-state index is -0.654. The molecule has 1 heterocycles. The summed E-state index contributed by atoms with van der Waals surface area (Å²) in [5, 5.41) is 0. The van der Waals surface area contributed by atoms with E-state index < -0.39 is 5.79 Å². The minimum Gasteiger partial charge on any atom is -0.344 e. The van der Waals surface area contributed by atoms with Crippen LogP contribution in [0.4, 0.5) is 0 Å². The maximum absolute atomic E-state index is 13.0. The maximum atomic E-state index is 13.0. The molecule has 0 radical (unpaired) electrons. The first-order chi connectivity index (χ1) is 10.8. The van der Waals surface area contributed by atoms with Gasteiger partial charge in [0.25, 0.3) is 0 Å². The molecule has 3 nitrogen and oxygen atoms in total. The topological polar surface area (TPSA) is 35.5 Å². The van der Waals surface area contributed by atoms with Crippen LogP contribution in [0.25, 0.3) is 0 Å². The monoisotopic (exact) mass is 318 g/mol. The van der Waals surface area contributed by atoms with Crippen LogP contribution in [0.15, 0.2) is 24.3 Å². The highest BCUT2D eigenvalue weighted by Crippen LogP contribution is 2.62. The van der Waals surface area contributed by atoms with Crippen molar-refractivity contribution in [3.63, 3.8) is 0 Å². The lowest BCUT2D eigenvalue weighted by Gasteiger charge is -2.36. The molecule has 0 bridgehead atoms. The molecule has 1 spiro atoms. The minimum absolute atomic E-state index is 0.0207. The van der Waals surface area contributed by atoms with Crippen LogP contribution in [0, 0.1) is 22.7 Å². The number of carbonyl (C=O) groups excluding carboxylic acids is 1. The van der Waals surface area contributed by atoms with Gasteiger partial charge in [0.15, 0.2) is 11.6 Å². The summed E-state index contributed by atoms with van der Waals surface area (Å²) < 4.78 is 12.2. The molecule has 1 saturated carbocycles. The summed E-state index contributed by atoms with van der Waals surface area (Å²) in [6.45, 7) is 14.0. The normalized spacial score (nSPS) is 39.4. The first-order valence-electron chi connectivity index (χ1n) is 8.93. The molecule has 128 valence electrons. The fraction of sp³-hybridized carbons (Fsp3) is 0.750. The fourth-order valence-electron chi connectivity index (χ4n) is 5.04. The van der Waals surface area contributed by atoms with Crippen molar-refractivity contribution in [1.29, 1.82) is 0 Å². The standard InChI is InChI=1S/C20H30O3/c1-6-7-18(4)8-9-19(5)15(14(2)3)13-20(22-10-11-23-20)16(19)12-17(18)21/h6,12,14-15H,1,7-11,13H2,2-5H3/t15-,18-,19-/m1/s1. The molecule has 3 heteroatoms. The Balaban J connectivity index is 2.09. The van der Waals surface area contributed by atoms with Gasteiger partial charge in [0, 0.05) is 11.8 Å². The second-order valence-corrected chi connectivity index (χ2v) is 8.40. The predicted molar refractivity (Wildman–Crippen MR) is 90.9 cm³/mol. The van der Waals surface area contributed by atoms with E-state index in [4.69, 9.17) is 9.47 Å². The number of ether oxygens (including phenoxy) is 2. The molecule has 3 atom stereocenters. The molecule has 0 unspecified atom stereocenters. The van der Waals surface area contributed by atoms with Crippen molar-refractivity contribution in [2.45, 2.75) is 59.2 Å². The summed E-state index contributed by atoms with van der Waals surface area (Å²) in [5.74, 6) is 0.567. The quantitative estimate of drug-likeness (QED) is 0.728. The van der Waals surface area contributed by atoms with E-state index in [1.54, 1.807) is 0 Å². The zero-order valence-corrected chi connectivity index (χ0v) is 15.0. The third-order valence-corrected chi connectivity index (χ3v) is 6.55. The van der Waals surface area contributed by atoms with Gasteiger partial charge in [-0.15, -0.1) is 6.58 Å². The fourth-order valence-corrected chi connectivity index (χ4v) is 5.04. The van der Waals surface area contributed by atoms with Crippen LogP contribution in [0.2, 0.25) is 0 Å². The van der Waals surface area contributed by atoms with E-state index >= 15 is 0 Å². The first-order valence-corrected chi connectivity index (χ1v) is 8.93. The summed E-state index contributed by atoms with van der Waals surface area (Å²) in [5.41, 5.74) is 0.732. The molecule has 0 aromatic carbocycles. The van der Waals surface area contributed by atoms with Crippen LogP contribution in [-0.4, -0.2) is 24.8 Å². The molecule has 0 N–H and O–H groups in total. The highest BCUT2D eigenvalue weighted by molar-refractivity contribution is 5.96. The van der Waals surface area contributed by atoms with Crippen LogP contribution in [0.3, 0.4) is 0 Å². The zero-order chi connectivity index (χ0) is 16.9. The summed E-state index contributed by atoms with van der Waals surface area (Å²) in [6, 6.07) is 0. The smallest absolute Gasteiger partial charge is 0.192 e. The number of allylic oxidation sites excluding steroid dienone is 2. The highest BCUT2D eigenvalue weighted by Gasteiger charge is 2.61. The van der Waals surface area contributed by atoms with Gasteiger partial charge in [-0.05, 0) is 48.2 Å². The predicted octanol–water partition coefficient (Wildman–Crippen LogP) is 4.28. The summed E-state index contributed by atoms with van der Waals surface area (Å²) >= 11 is 0. The van der Waals surface area contributed by atoms with E-state index in [1.807, 2.05) is 12.2 Å². The van der Waals surface area contributed by atoms with Gasteiger partial charge in [-0.1, -0.05) is 33.8 Å². The van der Waals surface area contributed by atoms with E-state index in [1.165, 1.54) is 0 Å². The third kappa shape index (κ3) is 2.44. The number of ketones is 1. The average Bonchev–Trinajstić information content (AvgIpc) is 3.02. The Kier molecular flexibility index (Phi) is 4.09. The first kappa shape index (κ1) is 16.9. The Morgan fingerprint density at radius 2 is 1.96 bits per heavy atom. The van der Waals surface area contributed by atoms with Gasteiger partial charge >= 0.3 is 0 Å². The van der Waals surface area contributed by atoms with Crippen LogP contribution < -0.4 is 0 Å². The molecule has 2 aliphatic carbocycles. The van der Waals surface area contributed by atoms with E-state index in [0.717, 1.165) is 31.3 Å². The number of carbonyl (C=O) groups is 1. The Hall–Kier alpha value is -0.930. The van der Waals surface area contributed by atoms with Gasteiger partial charge in [0.05, 0.1) is 13.2 Å². The van der Waals surface area contributed by atoms with Crippen molar-refractivity contribution in [3.05, 3.63) is 24.3 Å². The second-order valence-electron chi connectivity index (χ2n) is 8.40. The van der Waals surface area contributed by atoms with Crippen LogP contribution in [0.5, 0.6) is 0 Å². The molecule has 0 aromatic rings. The van der Waals surface area contributed by atoms with Crippen molar-refractivity contribution in [2.24, 2.45) is 22.7 Å². The van der Waals surface area contributed by atoms with Gasteiger partial charge in [0.1, 0.15) is 0 Å². The van der Waals surface area contributed by atoms with E-state index in [-0.39, 0.29) is 16.6 Å². The maximum Gasteiger partial charge on any atom is 0.192 e. The number of hydrogen-bond acceptors (Lipinski definition) is 3. The third-order valence-electron chi connectivity index (χ3n) is 6.55. The van der Waals surface area contributed by atoms with E-state index in [0.29, 0.717) is 25.0 Å². The van der Waals surface area contributed by atoms with Crippen LogP contribution >= 0.6 is 0 Å². The van der Waals surface area contributed by atoms with Gasteiger partial charge in [-0.3, -0.25) is 4.79 Å². The van der Waals surface area contributed by atoms with Crippen LogP contribution in [0.1, 0.15) is 53.4 Å². The summed E-state index contributed by atoms with van der Waals surface area (Å²) in [4.78, 5) is 13.0. The molecule has 1 saturated heterocycles. The van der Waals surface area contributed by atoms with Crippen molar-refractivity contribution < 1.29 is 14.3 Å². The summed E-state index contributed by atoms with van der Waals surface area (Å²) in [7, 11) is 0. The molecular weight excluding hydrogens is 288 g/mol. The zero-order valence-electron chi connectivity index (χ0n) is 15.0. The molecule has 2 fully saturated rings. The van der Waals surface area contributed by atoms with Crippen molar-refractivity contribution in [3.8, 4) is 0 Å². The van der Waals surface area contributed by atoms with Crippen molar-refractivity contribution in [2.75, 3.05) is 13.2 Å². The SMILES string of the molecule is C=CC[C@]1(C)CC[C@@]2(C)C(=CC1=O)C1(C[C@@H]2C(C)C)OCCO1. The number of hydrogen-bond donors (Lipinski definition) is 0. The van der Waals surface area contributed by atoms with E-state index in [9.17, 15) is 4.79 Å². The lowest BCUT2D eigenvalue weighted by atomic mass is 9.68. The Morgan fingerprint density at radius 1 is 1.30 bits per heavy atom. The highest BCUT2D eigenvalue weighted by atomic mass is 16.7. The van der Waals surface area contributed by atoms with Crippen molar-refractivity contribution >= 4 is 5.78 Å².